The van der Waals surface area contributed by atoms with Crippen LogP contribution in [0.2, 0.25) is 39.3 Å². The lowest BCUT2D eigenvalue weighted by atomic mass is 9.78. The van der Waals surface area contributed by atoms with Crippen molar-refractivity contribution in [1.82, 2.24) is 39.9 Å². The molecule has 14 aromatic rings. The maximum absolute atomic E-state index is 6.33. The van der Waals surface area contributed by atoms with E-state index in [-0.39, 0.29) is 43.3 Å². The third-order valence-electron chi connectivity index (χ3n) is 23.7. The molecule has 0 spiro atoms. The minimum absolute atomic E-state index is 0.194. The number of aromatic nitrogens is 8. The van der Waals surface area contributed by atoms with Crippen molar-refractivity contribution in [3.63, 3.8) is 0 Å². The summed E-state index contributed by atoms with van der Waals surface area (Å²) >= 11 is 0. The zero-order valence-electron chi connectivity index (χ0n) is 74.6. The fraction of sp³-hybridized carbons (Fsp3) is 0.358. The van der Waals surface area contributed by atoms with Crippen LogP contribution in [0.3, 0.4) is 0 Å². The maximum atomic E-state index is 6.33. The third-order valence-corrected chi connectivity index (χ3v) is 25.5. The van der Waals surface area contributed by atoms with Crippen molar-refractivity contribution in [1.29, 1.82) is 0 Å². The highest BCUT2D eigenvalue weighted by Gasteiger charge is 2.33. The van der Waals surface area contributed by atoms with Gasteiger partial charge in [-0.25, -0.2) is 19.9 Å². The lowest BCUT2D eigenvalue weighted by Gasteiger charge is -2.26. The van der Waals surface area contributed by atoms with Gasteiger partial charge in [-0.3, -0.25) is 0 Å². The van der Waals surface area contributed by atoms with Crippen LogP contribution >= 0.6 is 0 Å². The second-order valence-corrected chi connectivity index (χ2v) is 53.4. The van der Waals surface area contributed by atoms with Gasteiger partial charge in [0.1, 0.15) is 16.1 Å². The lowest BCUT2D eigenvalue weighted by molar-refractivity contribution is 0.568. The van der Waals surface area contributed by atoms with Gasteiger partial charge in [0.2, 0.25) is 0 Å². The number of hydrogen-bond acceptors (Lipinski definition) is 4. The molecule has 6 aromatic carbocycles. The van der Waals surface area contributed by atoms with E-state index in [0.29, 0.717) is 0 Å². The van der Waals surface area contributed by atoms with Crippen LogP contribution in [0, 0.1) is 22.9 Å². The van der Waals surface area contributed by atoms with Crippen LogP contribution < -0.4 is 0 Å². The molecule has 10 heteroatoms. The fourth-order valence-electron chi connectivity index (χ4n) is 16.6. The minimum atomic E-state index is -1.99. The number of nitrogens with zero attached hydrogens (tertiary/aromatic N) is 4. The van der Waals surface area contributed by atoms with Gasteiger partial charge >= 0.3 is 0 Å². The highest BCUT2D eigenvalue weighted by atomic mass is 28.3. The van der Waals surface area contributed by atoms with Gasteiger partial charge in [0, 0.05) is 76.6 Å². The number of nitrogens with one attached hydrogen (secondary N) is 4. The fourth-order valence-corrected chi connectivity index (χ4v) is 17.6. The molecule has 10 heterocycles. The largest absolute Gasteiger partial charge is 0.354 e. The Labute approximate surface area is 690 Å². The van der Waals surface area contributed by atoms with Gasteiger partial charge in [0.25, 0.3) is 0 Å². The Bertz CT molecular complexity index is 6360. The molecule has 0 atom stereocenters. The maximum Gasteiger partial charge on any atom is 0.129 e. The second kappa shape index (κ2) is 26.6. The average Bonchev–Trinajstić information content (AvgIpc) is 1.52. The molecular weight excluding hydrogens is 1440 g/mol. The molecule has 116 heavy (non-hydrogen) atoms. The number of fused-ring (bicyclic) bond motifs is 14. The normalized spacial score (nSPS) is 13.7. The first kappa shape index (κ1) is 79.5. The summed E-state index contributed by atoms with van der Waals surface area (Å²) < 4.78 is 0. The van der Waals surface area contributed by atoms with Crippen LogP contribution in [0.15, 0.2) is 121 Å². The zero-order chi connectivity index (χ0) is 83.5. The Morgan fingerprint density at radius 2 is 0.517 bits per heavy atom. The second-order valence-electron chi connectivity index (χ2n) is 43.9. The first-order valence-corrected chi connectivity index (χ1v) is 48.9. The molecule has 16 bridgehead atoms. The van der Waals surface area contributed by atoms with E-state index in [1.54, 1.807) is 0 Å². The van der Waals surface area contributed by atoms with Crippen LogP contribution in [-0.2, 0) is 43.3 Å². The molecule has 0 aliphatic carbocycles. The van der Waals surface area contributed by atoms with Crippen LogP contribution in [0.4, 0.5) is 0 Å². The summed E-state index contributed by atoms with van der Waals surface area (Å²) in [7, 11) is -3.98. The monoisotopic (exact) mass is 1560 g/mol. The molecule has 0 saturated heterocycles. The quantitative estimate of drug-likeness (QED) is 0.104. The summed E-state index contributed by atoms with van der Waals surface area (Å²) in [5.74, 6) is 7.69. The van der Waals surface area contributed by atoms with E-state index in [4.69, 9.17) is 19.9 Å². The number of H-pyrrole nitrogens is 4. The number of hydrogen-bond donors (Lipinski definition) is 4. The Balaban J connectivity index is 1.24. The smallest absolute Gasteiger partial charge is 0.129 e. The molecule has 0 unspecified atom stereocenters. The highest BCUT2D eigenvalue weighted by Crippen LogP contribution is 2.51. The van der Waals surface area contributed by atoms with E-state index in [0.717, 1.165) is 177 Å². The van der Waals surface area contributed by atoms with Crippen molar-refractivity contribution in [2.45, 2.75) is 249 Å². The van der Waals surface area contributed by atoms with Crippen molar-refractivity contribution in [2.75, 3.05) is 0 Å². The van der Waals surface area contributed by atoms with Crippen molar-refractivity contribution >= 4 is 139 Å². The van der Waals surface area contributed by atoms with Crippen LogP contribution in [0.1, 0.15) is 245 Å². The predicted octanol–water partition coefficient (Wildman–Crippen LogP) is 29.1. The van der Waals surface area contributed by atoms with E-state index in [2.05, 4.69) is 394 Å². The summed E-state index contributed by atoms with van der Waals surface area (Å²) in [6.07, 6.45) is 8.87. The molecule has 0 fully saturated rings. The summed E-state index contributed by atoms with van der Waals surface area (Å²) in [4.78, 5) is 41.5. The minimum Gasteiger partial charge on any atom is -0.354 e. The van der Waals surface area contributed by atoms with Crippen molar-refractivity contribution < 1.29 is 0 Å². The topological polar surface area (TPSA) is 115 Å². The van der Waals surface area contributed by atoms with Crippen LogP contribution in [0.25, 0.3) is 167 Å². The summed E-state index contributed by atoms with van der Waals surface area (Å²) in [6, 6.07) is 47.7. The molecule has 8 nitrogen and oxygen atoms in total. The molecule has 590 valence electrons. The zero-order valence-corrected chi connectivity index (χ0v) is 76.6. The van der Waals surface area contributed by atoms with Gasteiger partial charge in [-0.15, -0.1) is 11.1 Å². The molecule has 2 aliphatic rings. The predicted molar refractivity (Wildman–Crippen MR) is 509 cm³/mol. The highest BCUT2D eigenvalue weighted by molar-refractivity contribution is 6.84. The van der Waals surface area contributed by atoms with Crippen molar-refractivity contribution in [3.05, 3.63) is 200 Å². The number of aromatic amines is 4. The molecule has 0 amide bonds. The van der Waals surface area contributed by atoms with E-state index in [9.17, 15) is 0 Å². The Morgan fingerprint density at radius 3 is 0.784 bits per heavy atom. The van der Waals surface area contributed by atoms with Gasteiger partial charge in [-0.1, -0.05) is 290 Å². The SMILES string of the molecule is CC(C)(C)c1cc(-c2c3nc(c(C#C[Si](C)(C)C)c4ccc([nH]4)c(-c4cc(C(C)(C)C)cc(C(C)(C)C)c4)c4cc5c6cc7nc6c6c8[nH]c(cc8c8cc2[nH]c8c6c5n4)c(-c2cc(C(C)(C)C)cc(C(C)(C)C)c2)c2nc(c(C#C[Si](C)(C)C)c4ccc([nH]4)c7-c4cc(C(C)(C)C)cc(C(C)(C)C)c4)C=C2)C=C3)cc(C(C)(C)C)c1. The first-order chi connectivity index (χ1) is 53.7. The van der Waals surface area contributed by atoms with Gasteiger partial charge in [0.15, 0.2) is 0 Å². The van der Waals surface area contributed by atoms with Gasteiger partial charge in [-0.2, -0.15) is 0 Å². The summed E-state index contributed by atoms with van der Waals surface area (Å²) in [6.45, 7) is 69.9. The summed E-state index contributed by atoms with van der Waals surface area (Å²) in [5, 5.41) is 6.04. The Kier molecular flexibility index (Phi) is 18.2. The van der Waals surface area contributed by atoms with E-state index in [1.807, 2.05) is 0 Å². The van der Waals surface area contributed by atoms with Gasteiger partial charge in [0.05, 0.1) is 78.0 Å². The molecule has 16 rings (SSSR count). The van der Waals surface area contributed by atoms with E-state index < -0.39 is 16.1 Å². The molecule has 8 aromatic heterocycles. The van der Waals surface area contributed by atoms with Gasteiger partial charge in [-0.05, 0) is 183 Å². The average molecular weight is 1560 g/mol. The molecule has 4 N–H and O–H groups in total. The van der Waals surface area contributed by atoms with E-state index in [1.165, 1.54) is 44.5 Å². The summed E-state index contributed by atoms with van der Waals surface area (Å²) in [5.41, 5.74) is 40.3. The molecule has 2 aliphatic heterocycles. The lowest BCUT2D eigenvalue weighted by Crippen LogP contribution is -2.16. The first-order valence-electron chi connectivity index (χ1n) is 41.9. The van der Waals surface area contributed by atoms with Gasteiger partial charge < -0.3 is 19.9 Å². The Hall–Kier alpha value is -10.4. The van der Waals surface area contributed by atoms with E-state index >= 15 is 0 Å². The third kappa shape index (κ3) is 14.6. The van der Waals surface area contributed by atoms with Crippen LogP contribution in [0.5, 0.6) is 0 Å². The molecular formula is C106H118N8Si2. The van der Waals surface area contributed by atoms with Crippen molar-refractivity contribution in [3.8, 4) is 67.4 Å². The molecule has 0 radical (unpaired) electrons. The Morgan fingerprint density at radius 1 is 0.259 bits per heavy atom. The number of rotatable bonds is 4. The molecule has 0 saturated carbocycles. The van der Waals surface area contributed by atoms with Crippen molar-refractivity contribution in [2.24, 2.45) is 0 Å². The van der Waals surface area contributed by atoms with Crippen LogP contribution in [-0.4, -0.2) is 56.0 Å². The standard InChI is InChI=1S/C106H118N8Si2/c1-99(2,3)63-43-59(44-64(51-63)100(4,5)6)89-81-35-31-77(107-81)71(39-41-115(25,26)27)78-32-36-82(108-78)91(61-47-67(103(13,14)15)53-68(48-61)104(16,17)18)87-57-75-76-58-88-92(62-49-69(105(19,20)21)54-70(50-62)106(22,23)24)84-38-34-80(110-84)72(40-42-116(28,29)30)79-33-37-83(109-79)90(60-45-65(101(7,8)9)52-66(46-60)102(10,11)12)86-56-74-73-55-85(89)111-95(73)93(97(75)113-87)94(96(74)112-86)98(76)114-88/h31-38,43-58,107,109,113-114H,1-30H3. The number of benzene rings is 6.